The first kappa shape index (κ1) is 11.4. The van der Waals surface area contributed by atoms with Gasteiger partial charge in [-0.2, -0.15) is 0 Å². The molecule has 0 saturated carbocycles. The largest absolute Gasteiger partial charge is 0.352 e. The van der Waals surface area contributed by atoms with Crippen molar-refractivity contribution in [1.29, 1.82) is 0 Å². The Kier molecular flexibility index (Phi) is 2.11. The van der Waals surface area contributed by atoms with Gasteiger partial charge < -0.3 is 10.6 Å². The van der Waals surface area contributed by atoms with Crippen LogP contribution in [0.25, 0.3) is 22.1 Å². The summed E-state index contributed by atoms with van der Waals surface area (Å²) in [5.41, 5.74) is 7.51. The highest BCUT2D eigenvalue weighted by Crippen LogP contribution is 2.39. The second-order valence-corrected chi connectivity index (χ2v) is 5.25. The minimum absolute atomic E-state index is 0.877. The fourth-order valence-corrected chi connectivity index (χ4v) is 2.76. The molecule has 22 heavy (non-hydrogen) atoms. The van der Waals surface area contributed by atoms with Crippen LogP contribution < -0.4 is 10.6 Å². The number of aromatic nitrogens is 2. The number of hydrogen-bond acceptors (Lipinski definition) is 4. The Balaban J connectivity index is 1.75. The van der Waals surface area contributed by atoms with E-state index >= 15 is 0 Å². The molecule has 0 amide bonds. The number of fused-ring (bicyclic) bond motifs is 4. The summed E-state index contributed by atoms with van der Waals surface area (Å²) in [5, 5.41) is 6.80. The van der Waals surface area contributed by atoms with E-state index in [9.17, 15) is 0 Å². The number of nitrogens with one attached hydrogen (secondary N) is 2. The van der Waals surface area contributed by atoms with Crippen LogP contribution in [0.3, 0.4) is 0 Å². The van der Waals surface area contributed by atoms with Crippen molar-refractivity contribution in [2.24, 2.45) is 0 Å². The Morgan fingerprint density at radius 3 is 1.64 bits per heavy atom. The molecule has 0 fully saturated rings. The van der Waals surface area contributed by atoms with Gasteiger partial charge in [-0.3, -0.25) is 0 Å². The molecule has 0 aliphatic carbocycles. The van der Waals surface area contributed by atoms with Crippen LogP contribution in [0.15, 0.2) is 48.5 Å². The molecule has 1 aliphatic rings. The van der Waals surface area contributed by atoms with Crippen LogP contribution in [0, 0.1) is 12.1 Å². The topological polar surface area (TPSA) is 49.8 Å². The van der Waals surface area contributed by atoms with E-state index in [4.69, 9.17) is 9.97 Å². The van der Waals surface area contributed by atoms with E-state index in [0.29, 0.717) is 0 Å². The summed E-state index contributed by atoms with van der Waals surface area (Å²) in [7, 11) is 0. The van der Waals surface area contributed by atoms with Gasteiger partial charge in [0.2, 0.25) is 0 Å². The zero-order chi connectivity index (χ0) is 14.5. The van der Waals surface area contributed by atoms with Gasteiger partial charge in [0.1, 0.15) is 0 Å². The molecule has 0 saturated heterocycles. The summed E-state index contributed by atoms with van der Waals surface area (Å²) in [5.74, 6) is 0. The molecule has 0 atom stereocenters. The number of anilines is 4. The highest BCUT2D eigenvalue weighted by atomic mass is 15.0. The van der Waals surface area contributed by atoms with E-state index in [-0.39, 0.29) is 0 Å². The van der Waals surface area contributed by atoms with Gasteiger partial charge in [0.15, 0.2) is 0 Å². The third-order valence-electron chi connectivity index (χ3n) is 3.82. The van der Waals surface area contributed by atoms with Crippen LogP contribution in [0.4, 0.5) is 22.7 Å². The SMILES string of the molecule is c1cc2c(cc#1)Nc1cc3nc4ccccc4nc3cc1N2. The van der Waals surface area contributed by atoms with Gasteiger partial charge in [-0.05, 0) is 24.3 Å². The summed E-state index contributed by atoms with van der Waals surface area (Å²) in [4.78, 5) is 9.40. The number of benzene rings is 2. The van der Waals surface area contributed by atoms with Crippen LogP contribution in [0.1, 0.15) is 0 Å². The molecule has 0 radical (unpaired) electrons. The van der Waals surface area contributed by atoms with E-state index in [1.165, 1.54) is 0 Å². The van der Waals surface area contributed by atoms with E-state index in [1.54, 1.807) is 0 Å². The van der Waals surface area contributed by atoms with Crippen LogP contribution >= 0.6 is 0 Å². The minimum Gasteiger partial charge on any atom is -0.352 e. The third kappa shape index (κ3) is 1.60. The van der Waals surface area contributed by atoms with Crippen molar-refractivity contribution in [3.63, 3.8) is 0 Å². The molecule has 1 aliphatic heterocycles. The lowest BCUT2D eigenvalue weighted by molar-refractivity contribution is 1.38. The minimum atomic E-state index is 0.877. The van der Waals surface area contributed by atoms with Crippen molar-refractivity contribution in [3.8, 4) is 0 Å². The standard InChI is InChI=1S/C18H10N4/c1-2-6-12-11(5-1)19-15-9-17-18(10-16(15)20-12)22-14-8-4-3-7-13(14)21-17/h1-2,5-10,21-22H. The molecule has 4 aromatic rings. The Hall–Kier alpha value is -3.32. The Labute approximate surface area is 126 Å². The van der Waals surface area contributed by atoms with Crippen LogP contribution in [-0.2, 0) is 0 Å². The first-order valence-electron chi connectivity index (χ1n) is 7.03. The molecule has 0 spiro atoms. The average Bonchev–Trinajstić information content (AvgIpc) is 2.56. The molecule has 3 aromatic carbocycles. The van der Waals surface area contributed by atoms with E-state index < -0.39 is 0 Å². The lowest BCUT2D eigenvalue weighted by Crippen LogP contribution is -2.06. The zero-order valence-electron chi connectivity index (χ0n) is 11.5. The summed E-state index contributed by atoms with van der Waals surface area (Å²) in [6, 6.07) is 21.6. The van der Waals surface area contributed by atoms with Crippen molar-refractivity contribution in [2.75, 3.05) is 10.6 Å². The fraction of sp³-hybridized carbons (Fsp3) is 0. The highest BCUT2D eigenvalue weighted by Gasteiger charge is 2.15. The highest BCUT2D eigenvalue weighted by molar-refractivity contribution is 5.98. The second-order valence-electron chi connectivity index (χ2n) is 5.25. The molecular formula is C18H10N4. The van der Waals surface area contributed by atoms with Gasteiger partial charge in [0, 0.05) is 12.1 Å². The van der Waals surface area contributed by atoms with Crippen molar-refractivity contribution >= 4 is 44.8 Å². The third-order valence-corrected chi connectivity index (χ3v) is 3.82. The van der Waals surface area contributed by atoms with Gasteiger partial charge in [-0.15, -0.1) is 0 Å². The molecule has 0 bridgehead atoms. The molecule has 2 N–H and O–H groups in total. The summed E-state index contributed by atoms with van der Waals surface area (Å²) in [6.07, 6.45) is 0. The van der Waals surface area contributed by atoms with E-state index in [2.05, 4.69) is 22.8 Å². The molecule has 0 unspecified atom stereocenters. The van der Waals surface area contributed by atoms with Gasteiger partial charge in [0.05, 0.1) is 44.8 Å². The maximum Gasteiger partial charge on any atom is 0.0916 e. The quantitative estimate of drug-likeness (QED) is 0.418. The van der Waals surface area contributed by atoms with Gasteiger partial charge in [-0.25, -0.2) is 9.97 Å². The first-order chi connectivity index (χ1) is 10.9. The van der Waals surface area contributed by atoms with Crippen molar-refractivity contribution in [2.45, 2.75) is 0 Å². The van der Waals surface area contributed by atoms with Crippen molar-refractivity contribution < 1.29 is 0 Å². The van der Waals surface area contributed by atoms with Crippen LogP contribution in [0.5, 0.6) is 0 Å². The summed E-state index contributed by atoms with van der Waals surface area (Å²) < 4.78 is 0. The lowest BCUT2D eigenvalue weighted by atomic mass is 10.1. The average molecular weight is 282 g/mol. The number of hydrogen-bond donors (Lipinski definition) is 2. The Morgan fingerprint density at radius 1 is 0.636 bits per heavy atom. The van der Waals surface area contributed by atoms with Crippen molar-refractivity contribution in [1.82, 2.24) is 9.97 Å². The van der Waals surface area contributed by atoms with Gasteiger partial charge in [-0.1, -0.05) is 24.3 Å². The summed E-state index contributed by atoms with van der Waals surface area (Å²) >= 11 is 0. The van der Waals surface area contributed by atoms with Crippen LogP contribution in [-0.4, -0.2) is 9.97 Å². The molecule has 1 aromatic heterocycles. The van der Waals surface area contributed by atoms with Crippen LogP contribution in [0.2, 0.25) is 0 Å². The molecule has 5 rings (SSSR count). The molecule has 4 heteroatoms. The maximum absolute atomic E-state index is 4.70. The molecule has 102 valence electrons. The maximum atomic E-state index is 4.70. The molecule has 4 nitrogen and oxygen atoms in total. The van der Waals surface area contributed by atoms with Gasteiger partial charge >= 0.3 is 0 Å². The Bertz CT molecular complexity index is 957. The molecule has 2 heterocycles. The van der Waals surface area contributed by atoms with Gasteiger partial charge in [0.25, 0.3) is 0 Å². The second kappa shape index (κ2) is 4.09. The van der Waals surface area contributed by atoms with E-state index in [0.717, 1.165) is 44.8 Å². The number of rotatable bonds is 0. The summed E-state index contributed by atoms with van der Waals surface area (Å²) in [6.45, 7) is 0. The van der Waals surface area contributed by atoms with E-state index in [1.807, 2.05) is 48.5 Å². The Morgan fingerprint density at radius 2 is 1.14 bits per heavy atom. The monoisotopic (exact) mass is 282 g/mol. The fourth-order valence-electron chi connectivity index (χ4n) is 2.76. The van der Waals surface area contributed by atoms with Crippen molar-refractivity contribution in [3.05, 3.63) is 60.7 Å². The first-order valence-corrected chi connectivity index (χ1v) is 7.03. The smallest absolute Gasteiger partial charge is 0.0916 e. The predicted octanol–water partition coefficient (Wildman–Crippen LogP) is 4.18. The predicted molar refractivity (Wildman–Crippen MR) is 87.7 cm³/mol. The number of para-hydroxylation sites is 2. The number of nitrogens with zero attached hydrogens (tertiary/aromatic N) is 2. The zero-order valence-corrected chi connectivity index (χ0v) is 11.5. The lowest BCUT2D eigenvalue weighted by Gasteiger charge is -2.22. The normalized spacial score (nSPS) is 12.0. The molecular weight excluding hydrogens is 272 g/mol.